The number of imide groups is 1. The van der Waals surface area contributed by atoms with E-state index in [1.165, 1.54) is 16.2 Å². The lowest BCUT2D eigenvalue weighted by Gasteiger charge is -2.29. The third-order valence-corrected chi connectivity index (χ3v) is 3.66. The molecule has 2 heterocycles. The van der Waals surface area contributed by atoms with Crippen LogP contribution in [0.2, 0.25) is 4.34 Å². The zero-order valence-corrected chi connectivity index (χ0v) is 10.3. The highest BCUT2D eigenvalue weighted by atomic mass is 35.5. The first kappa shape index (κ1) is 11.6. The fraction of sp³-hybridized carbons (Fsp3) is 0.400. The molecule has 1 saturated heterocycles. The minimum atomic E-state index is -0.298. The van der Waals surface area contributed by atoms with Crippen molar-refractivity contribution in [1.82, 2.24) is 10.2 Å². The van der Waals surface area contributed by atoms with Gasteiger partial charge < -0.3 is 0 Å². The fourth-order valence-electron chi connectivity index (χ4n) is 1.54. The van der Waals surface area contributed by atoms with Crippen LogP contribution in [-0.4, -0.2) is 29.3 Å². The van der Waals surface area contributed by atoms with Crippen LogP contribution >= 0.6 is 22.9 Å². The summed E-state index contributed by atoms with van der Waals surface area (Å²) < 4.78 is 0.665. The van der Waals surface area contributed by atoms with E-state index < -0.39 is 0 Å². The molecule has 4 nitrogen and oxygen atoms in total. The number of hydrogen-bond acceptors (Lipinski definition) is 4. The zero-order chi connectivity index (χ0) is 11.7. The van der Waals surface area contributed by atoms with Gasteiger partial charge in [0.05, 0.1) is 23.5 Å². The predicted octanol–water partition coefficient (Wildman–Crippen LogP) is 1.25. The first-order valence-corrected chi connectivity index (χ1v) is 6.09. The lowest BCUT2D eigenvalue weighted by molar-refractivity contribution is -0.149. The second kappa shape index (κ2) is 4.53. The van der Waals surface area contributed by atoms with E-state index in [9.17, 15) is 9.59 Å². The highest BCUT2D eigenvalue weighted by molar-refractivity contribution is 7.16. The lowest BCUT2D eigenvalue weighted by Crippen LogP contribution is -2.56. The quantitative estimate of drug-likeness (QED) is 0.813. The third kappa shape index (κ3) is 2.26. The van der Waals surface area contributed by atoms with Crippen molar-refractivity contribution < 1.29 is 9.59 Å². The molecule has 1 unspecified atom stereocenters. The molecule has 0 aromatic carbocycles. The smallest absolute Gasteiger partial charge is 0.246 e. The van der Waals surface area contributed by atoms with Gasteiger partial charge >= 0.3 is 0 Å². The molecule has 0 aliphatic carbocycles. The van der Waals surface area contributed by atoms with Crippen LogP contribution in [0.3, 0.4) is 0 Å². The van der Waals surface area contributed by atoms with Crippen molar-refractivity contribution in [2.75, 3.05) is 6.54 Å². The Balaban J connectivity index is 2.13. The van der Waals surface area contributed by atoms with Crippen LogP contribution in [0.25, 0.3) is 0 Å². The molecule has 1 aromatic heterocycles. The average Bonchev–Trinajstić information content (AvgIpc) is 2.65. The summed E-state index contributed by atoms with van der Waals surface area (Å²) in [5.41, 5.74) is 0. The topological polar surface area (TPSA) is 49.4 Å². The van der Waals surface area contributed by atoms with Crippen molar-refractivity contribution >= 4 is 34.8 Å². The second-order valence-corrected chi connectivity index (χ2v) is 5.43. The first-order chi connectivity index (χ1) is 7.58. The third-order valence-electron chi connectivity index (χ3n) is 2.44. The van der Waals surface area contributed by atoms with Gasteiger partial charge in [-0.2, -0.15) is 0 Å². The average molecular weight is 259 g/mol. The number of hydrogen-bond donors (Lipinski definition) is 1. The molecule has 2 amide bonds. The number of nitrogens with one attached hydrogen (secondary N) is 1. The second-order valence-electron chi connectivity index (χ2n) is 3.63. The lowest BCUT2D eigenvalue weighted by atomic mass is 10.2. The maximum atomic E-state index is 11.8. The van der Waals surface area contributed by atoms with Gasteiger partial charge in [0.15, 0.2) is 0 Å². The Morgan fingerprint density at radius 1 is 1.56 bits per heavy atom. The zero-order valence-electron chi connectivity index (χ0n) is 8.70. The minimum Gasteiger partial charge on any atom is -0.298 e. The summed E-state index contributed by atoms with van der Waals surface area (Å²) in [5.74, 6) is -0.367. The van der Waals surface area contributed by atoms with Crippen molar-refractivity contribution in [1.29, 1.82) is 0 Å². The summed E-state index contributed by atoms with van der Waals surface area (Å²) in [6.45, 7) is 2.29. The number of amides is 2. The maximum Gasteiger partial charge on any atom is 0.246 e. The molecule has 1 aliphatic heterocycles. The Bertz CT molecular complexity index is 432. The van der Waals surface area contributed by atoms with Crippen LogP contribution in [0.5, 0.6) is 0 Å². The van der Waals surface area contributed by atoms with Crippen molar-refractivity contribution in [2.45, 2.75) is 19.5 Å². The van der Waals surface area contributed by atoms with Crippen LogP contribution in [-0.2, 0) is 16.1 Å². The van der Waals surface area contributed by atoms with E-state index in [0.717, 1.165) is 4.88 Å². The van der Waals surface area contributed by atoms with Crippen LogP contribution in [0.4, 0.5) is 0 Å². The summed E-state index contributed by atoms with van der Waals surface area (Å²) in [6, 6.07) is 3.30. The Labute approximate surface area is 102 Å². The Morgan fingerprint density at radius 3 is 2.94 bits per heavy atom. The summed E-state index contributed by atoms with van der Waals surface area (Å²) >= 11 is 7.18. The fourth-order valence-corrected chi connectivity index (χ4v) is 2.62. The number of nitrogens with zero attached hydrogens (tertiary/aromatic N) is 1. The van der Waals surface area contributed by atoms with Gasteiger partial charge in [0, 0.05) is 4.88 Å². The molecule has 0 radical (unpaired) electrons. The SMILES string of the molecule is CC1NCC(=O)N(Cc2ccc(Cl)s2)C1=O. The van der Waals surface area contributed by atoms with Gasteiger partial charge in [0.1, 0.15) is 0 Å². The molecular formula is C10H11ClN2O2S. The first-order valence-electron chi connectivity index (χ1n) is 4.89. The Kier molecular flexibility index (Phi) is 3.28. The number of rotatable bonds is 2. The van der Waals surface area contributed by atoms with Gasteiger partial charge in [0.25, 0.3) is 0 Å². The van der Waals surface area contributed by atoms with E-state index in [1.807, 2.05) is 6.07 Å². The van der Waals surface area contributed by atoms with Crippen LogP contribution < -0.4 is 5.32 Å². The van der Waals surface area contributed by atoms with Crippen molar-refractivity contribution in [3.8, 4) is 0 Å². The molecule has 86 valence electrons. The predicted molar refractivity (Wildman–Crippen MR) is 62.4 cm³/mol. The number of thiophene rings is 1. The van der Waals surface area contributed by atoms with Gasteiger partial charge in [-0.1, -0.05) is 11.6 Å². The number of halogens is 1. The molecule has 6 heteroatoms. The highest BCUT2D eigenvalue weighted by Gasteiger charge is 2.31. The van der Waals surface area contributed by atoms with Crippen LogP contribution in [0.1, 0.15) is 11.8 Å². The number of carbonyl (C=O) groups excluding carboxylic acids is 2. The largest absolute Gasteiger partial charge is 0.298 e. The summed E-state index contributed by atoms with van der Waals surface area (Å²) in [6.07, 6.45) is 0. The van der Waals surface area contributed by atoms with Crippen LogP contribution in [0, 0.1) is 0 Å². The van der Waals surface area contributed by atoms with E-state index in [1.54, 1.807) is 13.0 Å². The van der Waals surface area contributed by atoms with Crippen molar-refractivity contribution in [3.05, 3.63) is 21.3 Å². The van der Waals surface area contributed by atoms with Crippen molar-refractivity contribution in [2.24, 2.45) is 0 Å². The van der Waals surface area contributed by atoms with Gasteiger partial charge in [0.2, 0.25) is 11.8 Å². The molecule has 2 rings (SSSR count). The molecule has 1 atom stereocenters. The maximum absolute atomic E-state index is 11.8. The van der Waals surface area contributed by atoms with E-state index in [4.69, 9.17) is 11.6 Å². The summed E-state index contributed by atoms with van der Waals surface area (Å²) in [5, 5.41) is 2.84. The highest BCUT2D eigenvalue weighted by Crippen LogP contribution is 2.23. The number of piperazine rings is 1. The molecule has 0 bridgehead atoms. The normalized spacial score (nSPS) is 21.6. The molecular weight excluding hydrogens is 248 g/mol. The van der Waals surface area contributed by atoms with Gasteiger partial charge in [-0.3, -0.25) is 19.8 Å². The van der Waals surface area contributed by atoms with Crippen LogP contribution in [0.15, 0.2) is 12.1 Å². The van der Waals surface area contributed by atoms with E-state index in [-0.39, 0.29) is 24.4 Å². The molecule has 1 N–H and O–H groups in total. The summed E-state index contributed by atoms with van der Waals surface area (Å²) in [7, 11) is 0. The van der Waals surface area contributed by atoms with E-state index >= 15 is 0 Å². The Hall–Kier alpha value is -0.910. The molecule has 1 fully saturated rings. The molecule has 16 heavy (non-hydrogen) atoms. The monoisotopic (exact) mass is 258 g/mol. The van der Waals surface area contributed by atoms with Gasteiger partial charge in [-0.25, -0.2) is 0 Å². The van der Waals surface area contributed by atoms with Gasteiger partial charge in [-0.15, -0.1) is 11.3 Å². The standard InChI is InChI=1S/C10H11ClN2O2S/c1-6-10(15)13(9(14)4-12-6)5-7-2-3-8(11)16-7/h2-3,6,12H,4-5H2,1H3. The van der Waals surface area contributed by atoms with Crippen molar-refractivity contribution in [3.63, 3.8) is 0 Å². The minimum absolute atomic E-state index is 0.180. The number of carbonyl (C=O) groups is 2. The molecule has 0 spiro atoms. The molecule has 1 aromatic rings. The summed E-state index contributed by atoms with van der Waals surface area (Å²) in [4.78, 5) is 25.5. The van der Waals surface area contributed by atoms with E-state index in [0.29, 0.717) is 10.9 Å². The Morgan fingerprint density at radius 2 is 2.31 bits per heavy atom. The molecule has 0 saturated carbocycles. The molecule has 1 aliphatic rings. The van der Waals surface area contributed by atoms with E-state index in [2.05, 4.69) is 5.32 Å². The van der Waals surface area contributed by atoms with Gasteiger partial charge in [-0.05, 0) is 19.1 Å².